The Morgan fingerprint density at radius 1 is 1.30 bits per heavy atom. The van der Waals surface area contributed by atoms with Gasteiger partial charge in [0.15, 0.2) is 0 Å². The lowest BCUT2D eigenvalue weighted by atomic mass is 10.2. The van der Waals surface area contributed by atoms with E-state index in [2.05, 4.69) is 10.0 Å². The smallest absolute Gasteiger partial charge is 0.240 e. The fourth-order valence-electron chi connectivity index (χ4n) is 2.18. The van der Waals surface area contributed by atoms with Gasteiger partial charge in [-0.3, -0.25) is 0 Å². The van der Waals surface area contributed by atoms with E-state index < -0.39 is 10.0 Å². The quantitative estimate of drug-likeness (QED) is 0.843. The number of halogens is 1. The Labute approximate surface area is 127 Å². The molecular weight excluding hydrogens is 298 g/mol. The normalized spacial score (nSPS) is 19.1. The Kier molecular flexibility index (Phi) is 6.42. The van der Waals surface area contributed by atoms with Crippen molar-refractivity contribution in [2.24, 2.45) is 0 Å². The van der Waals surface area contributed by atoms with Crippen molar-refractivity contribution < 1.29 is 8.42 Å². The molecule has 7 heteroatoms. The predicted molar refractivity (Wildman–Crippen MR) is 82.7 cm³/mol. The van der Waals surface area contributed by atoms with Crippen LogP contribution in [0.3, 0.4) is 0 Å². The van der Waals surface area contributed by atoms with Crippen molar-refractivity contribution in [3.63, 3.8) is 0 Å². The van der Waals surface area contributed by atoms with Gasteiger partial charge in [-0.1, -0.05) is 12.1 Å². The molecule has 5 nitrogen and oxygen atoms in total. The van der Waals surface area contributed by atoms with E-state index in [-0.39, 0.29) is 18.4 Å². The van der Waals surface area contributed by atoms with Crippen LogP contribution in [0.1, 0.15) is 12.0 Å². The number of benzene rings is 1. The summed E-state index contributed by atoms with van der Waals surface area (Å²) in [5, 5.41) is 3.14. The predicted octanol–water partition coefficient (Wildman–Crippen LogP) is 0.810. The summed E-state index contributed by atoms with van der Waals surface area (Å²) in [5.74, 6) is 0. The summed E-state index contributed by atoms with van der Waals surface area (Å²) in [7, 11) is 0.578. The molecule has 1 unspecified atom stereocenters. The van der Waals surface area contributed by atoms with Gasteiger partial charge in [-0.05, 0) is 44.8 Å². The third-order valence-electron chi connectivity index (χ3n) is 3.11. The van der Waals surface area contributed by atoms with Crippen LogP contribution >= 0.6 is 12.4 Å². The Morgan fingerprint density at radius 3 is 2.45 bits per heavy atom. The molecule has 1 aromatic carbocycles. The molecule has 1 aliphatic heterocycles. The first-order valence-corrected chi connectivity index (χ1v) is 7.92. The summed E-state index contributed by atoms with van der Waals surface area (Å²) in [4.78, 5) is 2.38. The topological polar surface area (TPSA) is 61.4 Å². The molecule has 0 amide bonds. The lowest BCUT2D eigenvalue weighted by Crippen LogP contribution is -2.36. The molecule has 20 heavy (non-hydrogen) atoms. The molecule has 0 saturated carbocycles. The van der Waals surface area contributed by atoms with Gasteiger partial charge in [0, 0.05) is 19.1 Å². The van der Waals surface area contributed by atoms with E-state index in [1.54, 1.807) is 12.1 Å². The van der Waals surface area contributed by atoms with Crippen molar-refractivity contribution in [2.45, 2.75) is 23.9 Å². The van der Waals surface area contributed by atoms with E-state index in [1.807, 2.05) is 31.1 Å². The largest absolute Gasteiger partial charge is 0.315 e. The molecule has 1 aliphatic rings. The van der Waals surface area contributed by atoms with Gasteiger partial charge in [0.05, 0.1) is 4.90 Å². The zero-order valence-electron chi connectivity index (χ0n) is 11.8. The van der Waals surface area contributed by atoms with Crippen molar-refractivity contribution in [1.29, 1.82) is 0 Å². The standard InChI is InChI=1S/C13H21N3O2S.ClH/c1-16(2)10-11-3-5-13(6-4-11)19(17,18)15-12-7-8-14-9-12;/h3-6,12,14-15H,7-10H2,1-2H3;1H. The van der Waals surface area contributed by atoms with Crippen molar-refractivity contribution >= 4 is 22.4 Å². The third kappa shape index (κ3) is 4.71. The Hall–Kier alpha value is -0.660. The Balaban J connectivity index is 0.00000200. The highest BCUT2D eigenvalue weighted by Crippen LogP contribution is 2.13. The van der Waals surface area contributed by atoms with Gasteiger partial charge in [0.1, 0.15) is 0 Å². The summed E-state index contributed by atoms with van der Waals surface area (Å²) in [6, 6.07) is 7.07. The molecule has 2 rings (SSSR count). The highest BCUT2D eigenvalue weighted by molar-refractivity contribution is 7.89. The second kappa shape index (κ2) is 7.38. The van der Waals surface area contributed by atoms with Crippen molar-refractivity contribution in [2.75, 3.05) is 27.2 Å². The lowest BCUT2D eigenvalue weighted by molar-refractivity contribution is 0.402. The first kappa shape index (κ1) is 17.4. The molecule has 1 aromatic rings. The molecule has 0 spiro atoms. The molecule has 1 atom stereocenters. The van der Waals surface area contributed by atoms with Crippen LogP contribution in [0.5, 0.6) is 0 Å². The molecule has 0 aromatic heterocycles. The number of rotatable bonds is 5. The molecule has 0 aliphatic carbocycles. The molecule has 1 heterocycles. The van der Waals surface area contributed by atoms with Crippen LogP contribution in [0.15, 0.2) is 29.2 Å². The number of sulfonamides is 1. The van der Waals surface area contributed by atoms with Crippen LogP contribution in [0.2, 0.25) is 0 Å². The fraction of sp³-hybridized carbons (Fsp3) is 0.538. The average Bonchev–Trinajstić information content (AvgIpc) is 2.81. The van der Waals surface area contributed by atoms with Gasteiger partial charge in [0.2, 0.25) is 10.0 Å². The lowest BCUT2D eigenvalue weighted by Gasteiger charge is -2.13. The first-order chi connectivity index (χ1) is 8.97. The van der Waals surface area contributed by atoms with Crippen molar-refractivity contribution in [3.05, 3.63) is 29.8 Å². The highest BCUT2D eigenvalue weighted by atomic mass is 35.5. The van der Waals surface area contributed by atoms with Crippen LogP contribution in [0.25, 0.3) is 0 Å². The minimum Gasteiger partial charge on any atom is -0.315 e. The van der Waals surface area contributed by atoms with E-state index >= 15 is 0 Å². The maximum absolute atomic E-state index is 12.2. The fourth-order valence-corrected chi connectivity index (χ4v) is 3.45. The summed E-state index contributed by atoms with van der Waals surface area (Å²) in [5.41, 5.74) is 1.10. The minimum atomic E-state index is -3.39. The van der Waals surface area contributed by atoms with Crippen molar-refractivity contribution in [3.8, 4) is 0 Å². The van der Waals surface area contributed by atoms with Gasteiger partial charge >= 0.3 is 0 Å². The zero-order valence-corrected chi connectivity index (χ0v) is 13.4. The molecule has 1 fully saturated rings. The Bertz CT molecular complexity index is 511. The number of nitrogens with zero attached hydrogens (tertiary/aromatic N) is 1. The van der Waals surface area contributed by atoms with Crippen LogP contribution < -0.4 is 10.0 Å². The summed E-state index contributed by atoms with van der Waals surface area (Å²) < 4.78 is 27.1. The molecule has 2 N–H and O–H groups in total. The first-order valence-electron chi connectivity index (χ1n) is 6.44. The average molecular weight is 320 g/mol. The maximum atomic E-state index is 12.2. The number of hydrogen-bond acceptors (Lipinski definition) is 4. The molecule has 0 bridgehead atoms. The van der Waals surface area contributed by atoms with Gasteiger partial charge in [0.25, 0.3) is 0 Å². The number of hydrogen-bond donors (Lipinski definition) is 2. The molecule has 0 radical (unpaired) electrons. The highest BCUT2D eigenvalue weighted by Gasteiger charge is 2.22. The maximum Gasteiger partial charge on any atom is 0.240 e. The van der Waals surface area contributed by atoms with Gasteiger partial charge < -0.3 is 10.2 Å². The molecule has 114 valence electrons. The number of nitrogens with one attached hydrogen (secondary N) is 2. The van der Waals surface area contributed by atoms with Crippen LogP contribution in [0.4, 0.5) is 0 Å². The SMILES string of the molecule is CN(C)Cc1ccc(S(=O)(=O)NC2CCNC2)cc1.Cl. The molecular formula is C13H22ClN3O2S. The van der Waals surface area contributed by atoms with Gasteiger partial charge in [-0.15, -0.1) is 12.4 Å². The van der Waals surface area contributed by atoms with E-state index in [1.165, 1.54) is 0 Å². The van der Waals surface area contributed by atoms with E-state index in [0.29, 0.717) is 11.4 Å². The Morgan fingerprint density at radius 2 is 1.95 bits per heavy atom. The monoisotopic (exact) mass is 319 g/mol. The third-order valence-corrected chi connectivity index (χ3v) is 4.65. The second-order valence-electron chi connectivity index (χ2n) is 5.19. The zero-order chi connectivity index (χ0) is 13.9. The van der Waals surface area contributed by atoms with Crippen LogP contribution in [-0.4, -0.2) is 46.5 Å². The van der Waals surface area contributed by atoms with Crippen LogP contribution in [0, 0.1) is 0 Å². The van der Waals surface area contributed by atoms with Gasteiger partial charge in [-0.25, -0.2) is 13.1 Å². The van der Waals surface area contributed by atoms with Crippen LogP contribution in [-0.2, 0) is 16.6 Å². The van der Waals surface area contributed by atoms with E-state index in [4.69, 9.17) is 0 Å². The minimum absolute atomic E-state index is 0. The van der Waals surface area contributed by atoms with Crippen molar-refractivity contribution in [1.82, 2.24) is 14.9 Å². The second-order valence-corrected chi connectivity index (χ2v) is 6.91. The van der Waals surface area contributed by atoms with E-state index in [0.717, 1.165) is 25.1 Å². The summed E-state index contributed by atoms with van der Waals surface area (Å²) in [6.45, 7) is 2.38. The summed E-state index contributed by atoms with van der Waals surface area (Å²) >= 11 is 0. The summed E-state index contributed by atoms with van der Waals surface area (Å²) in [6.07, 6.45) is 0.845. The molecule has 1 saturated heterocycles. The van der Waals surface area contributed by atoms with E-state index in [9.17, 15) is 8.42 Å². The van der Waals surface area contributed by atoms with Gasteiger partial charge in [-0.2, -0.15) is 0 Å².